The highest BCUT2D eigenvalue weighted by molar-refractivity contribution is 6.30. The van der Waals surface area contributed by atoms with Gasteiger partial charge in [-0.3, -0.25) is 19.0 Å². The van der Waals surface area contributed by atoms with E-state index >= 15 is 0 Å². The Kier molecular flexibility index (Phi) is 7.93. The average Bonchev–Trinajstić information content (AvgIpc) is 2.64. The zero-order valence-corrected chi connectivity index (χ0v) is 16.9. The highest BCUT2D eigenvalue weighted by Gasteiger charge is 2.18. The number of nitrogens with zero attached hydrogens (tertiary/aromatic N) is 2. The van der Waals surface area contributed by atoms with Crippen LogP contribution in [0.5, 0.6) is 0 Å². The highest BCUT2D eigenvalue weighted by Crippen LogP contribution is 2.19. The molecule has 7 heteroatoms. The fourth-order valence-corrected chi connectivity index (χ4v) is 3.01. The van der Waals surface area contributed by atoms with Crippen LogP contribution >= 0.6 is 11.6 Å². The summed E-state index contributed by atoms with van der Waals surface area (Å²) in [4.78, 5) is 40.6. The quantitative estimate of drug-likeness (QED) is 0.605. The van der Waals surface area contributed by atoms with Crippen LogP contribution in [0.4, 0.5) is 0 Å². The molecular weight excluding hydrogens is 380 g/mol. The molecule has 1 N–H and O–H groups in total. The third-order valence-corrected chi connectivity index (χ3v) is 4.77. The number of hydrogen-bond acceptors (Lipinski definition) is 4. The zero-order valence-electron chi connectivity index (χ0n) is 16.2. The van der Waals surface area contributed by atoms with Crippen molar-refractivity contribution in [1.82, 2.24) is 9.55 Å². The predicted molar refractivity (Wildman–Crippen MR) is 109 cm³/mol. The number of carbonyl (C=O) groups excluding carboxylic acids is 1. The molecule has 0 saturated heterocycles. The molecule has 1 aromatic carbocycles. The van der Waals surface area contributed by atoms with E-state index in [1.54, 1.807) is 24.3 Å². The van der Waals surface area contributed by atoms with Crippen molar-refractivity contribution in [2.24, 2.45) is 5.92 Å². The average molecular weight is 405 g/mol. The lowest BCUT2D eigenvalue weighted by Crippen LogP contribution is -2.29. The molecule has 0 bridgehead atoms. The zero-order chi connectivity index (χ0) is 20.7. The lowest BCUT2D eigenvalue weighted by Gasteiger charge is -2.14. The normalized spacial score (nSPS) is 12.0. The minimum atomic E-state index is -1.03. The second kappa shape index (κ2) is 10.2. The molecule has 0 radical (unpaired) electrons. The van der Waals surface area contributed by atoms with Gasteiger partial charge in [-0.25, -0.2) is 4.98 Å². The van der Waals surface area contributed by atoms with Crippen molar-refractivity contribution in [3.05, 3.63) is 51.5 Å². The first-order valence-electron chi connectivity index (χ1n) is 9.43. The summed E-state index contributed by atoms with van der Waals surface area (Å²) in [6.07, 6.45) is 3.33. The number of halogens is 1. The number of hydrogen-bond donors (Lipinski definition) is 1. The Morgan fingerprint density at radius 1 is 1.21 bits per heavy atom. The molecule has 1 atom stereocenters. The van der Waals surface area contributed by atoms with Crippen LogP contribution < -0.4 is 5.56 Å². The van der Waals surface area contributed by atoms with E-state index in [1.807, 2.05) is 0 Å². The van der Waals surface area contributed by atoms with E-state index in [0.29, 0.717) is 23.0 Å². The summed E-state index contributed by atoms with van der Waals surface area (Å²) in [5, 5.41) is 9.58. The van der Waals surface area contributed by atoms with Gasteiger partial charge in [-0.05, 0) is 18.6 Å². The molecule has 0 aliphatic heterocycles. The Bertz CT molecular complexity index is 890. The second-order valence-corrected chi connectivity index (χ2v) is 7.36. The van der Waals surface area contributed by atoms with Crippen LogP contribution in [0.1, 0.15) is 45.4 Å². The van der Waals surface area contributed by atoms with Crippen LogP contribution in [-0.4, -0.2) is 26.4 Å². The van der Waals surface area contributed by atoms with Gasteiger partial charge in [-0.1, -0.05) is 50.4 Å². The third kappa shape index (κ3) is 6.02. The SMILES string of the molecule is CCCCCc1nc(-c2ccc(Cl)cc2)cc(=O)n1CC(=O)CC(C)C(=O)O. The van der Waals surface area contributed by atoms with Crippen molar-refractivity contribution in [2.75, 3.05) is 0 Å². The van der Waals surface area contributed by atoms with E-state index in [1.165, 1.54) is 17.6 Å². The molecule has 0 amide bonds. The topological polar surface area (TPSA) is 89.3 Å². The van der Waals surface area contributed by atoms with E-state index in [9.17, 15) is 14.4 Å². The number of ketones is 1. The van der Waals surface area contributed by atoms with Crippen LogP contribution in [0.3, 0.4) is 0 Å². The summed E-state index contributed by atoms with van der Waals surface area (Å²) in [6, 6.07) is 8.46. The van der Waals surface area contributed by atoms with Crippen molar-refractivity contribution < 1.29 is 14.7 Å². The standard InChI is InChI=1S/C21H25ClN2O4/c1-3-4-5-6-19-23-18(15-7-9-16(22)10-8-15)12-20(26)24(19)13-17(25)11-14(2)21(27)28/h7-10,12,14H,3-6,11,13H2,1-2H3,(H,27,28). The summed E-state index contributed by atoms with van der Waals surface area (Å²) in [6.45, 7) is 3.40. The van der Waals surface area contributed by atoms with E-state index in [2.05, 4.69) is 11.9 Å². The minimum Gasteiger partial charge on any atom is -0.481 e. The molecule has 0 aliphatic rings. The van der Waals surface area contributed by atoms with Crippen molar-refractivity contribution in [1.29, 1.82) is 0 Å². The number of aromatic nitrogens is 2. The maximum absolute atomic E-state index is 12.7. The van der Waals surface area contributed by atoms with Gasteiger partial charge in [0.05, 0.1) is 18.2 Å². The molecule has 28 heavy (non-hydrogen) atoms. The molecular formula is C21H25ClN2O4. The van der Waals surface area contributed by atoms with E-state index in [0.717, 1.165) is 24.8 Å². The minimum absolute atomic E-state index is 0.116. The number of carboxylic acid groups (broad SMARTS) is 1. The van der Waals surface area contributed by atoms with E-state index < -0.39 is 11.9 Å². The Morgan fingerprint density at radius 3 is 2.50 bits per heavy atom. The fraction of sp³-hybridized carbons (Fsp3) is 0.429. The molecule has 0 fully saturated rings. The Hall–Kier alpha value is -2.47. The number of rotatable bonds is 10. The molecule has 0 spiro atoms. The highest BCUT2D eigenvalue weighted by atomic mass is 35.5. The van der Waals surface area contributed by atoms with Crippen LogP contribution in [-0.2, 0) is 22.6 Å². The maximum atomic E-state index is 12.7. The summed E-state index contributed by atoms with van der Waals surface area (Å²) in [5.74, 6) is -1.56. The van der Waals surface area contributed by atoms with E-state index in [-0.39, 0.29) is 24.3 Å². The third-order valence-electron chi connectivity index (χ3n) is 4.52. The first-order chi connectivity index (χ1) is 13.3. The fourth-order valence-electron chi connectivity index (χ4n) is 2.89. The number of carboxylic acids is 1. The molecule has 0 saturated carbocycles. The lowest BCUT2D eigenvalue weighted by molar-refractivity contribution is -0.143. The largest absolute Gasteiger partial charge is 0.481 e. The van der Waals surface area contributed by atoms with Gasteiger partial charge in [0.1, 0.15) is 5.82 Å². The van der Waals surface area contributed by atoms with Gasteiger partial charge in [0.15, 0.2) is 5.78 Å². The van der Waals surface area contributed by atoms with Gasteiger partial charge < -0.3 is 5.11 Å². The van der Waals surface area contributed by atoms with Gasteiger partial charge in [-0.15, -0.1) is 0 Å². The molecule has 1 heterocycles. The van der Waals surface area contributed by atoms with Gasteiger partial charge >= 0.3 is 5.97 Å². The Balaban J connectivity index is 2.34. The summed E-state index contributed by atoms with van der Waals surface area (Å²) in [7, 11) is 0. The maximum Gasteiger partial charge on any atom is 0.306 e. The van der Waals surface area contributed by atoms with E-state index in [4.69, 9.17) is 16.7 Å². The van der Waals surface area contributed by atoms with Gasteiger partial charge in [-0.2, -0.15) is 0 Å². The van der Waals surface area contributed by atoms with Crippen molar-refractivity contribution in [3.63, 3.8) is 0 Å². The number of Topliss-reactive ketones (excluding diaryl/α,β-unsaturated/α-hetero) is 1. The van der Waals surface area contributed by atoms with Crippen LogP contribution in [0.25, 0.3) is 11.3 Å². The first-order valence-corrected chi connectivity index (χ1v) is 9.80. The number of aliphatic carboxylic acids is 1. The van der Waals surface area contributed by atoms with Crippen molar-refractivity contribution in [2.45, 2.75) is 52.5 Å². The van der Waals surface area contributed by atoms with Crippen molar-refractivity contribution in [3.8, 4) is 11.3 Å². The second-order valence-electron chi connectivity index (χ2n) is 6.93. The molecule has 6 nitrogen and oxygen atoms in total. The molecule has 150 valence electrons. The molecule has 2 aromatic rings. The molecule has 0 aliphatic carbocycles. The molecule has 1 aromatic heterocycles. The monoisotopic (exact) mass is 404 g/mol. The number of carbonyl (C=O) groups is 2. The van der Waals surface area contributed by atoms with Gasteiger partial charge in [0.25, 0.3) is 5.56 Å². The number of aryl methyl sites for hydroxylation is 1. The van der Waals surface area contributed by atoms with Crippen LogP contribution in [0, 0.1) is 5.92 Å². The van der Waals surface area contributed by atoms with Crippen molar-refractivity contribution >= 4 is 23.4 Å². The Labute approximate surface area is 169 Å². The summed E-state index contributed by atoms with van der Waals surface area (Å²) >= 11 is 5.93. The number of unbranched alkanes of at least 4 members (excludes halogenated alkanes) is 2. The Morgan fingerprint density at radius 2 is 1.89 bits per heavy atom. The van der Waals surface area contributed by atoms with Crippen LogP contribution in [0.15, 0.2) is 35.1 Å². The predicted octanol–water partition coefficient (Wildman–Crippen LogP) is 3.98. The van der Waals surface area contributed by atoms with Crippen LogP contribution in [0.2, 0.25) is 5.02 Å². The first kappa shape index (κ1) is 21.8. The lowest BCUT2D eigenvalue weighted by atomic mass is 10.1. The molecule has 1 unspecified atom stereocenters. The summed E-state index contributed by atoms with van der Waals surface area (Å²) < 4.78 is 1.37. The smallest absolute Gasteiger partial charge is 0.306 e. The van der Waals surface area contributed by atoms with Gasteiger partial charge in [0, 0.05) is 29.5 Å². The molecule has 2 rings (SSSR count). The van der Waals surface area contributed by atoms with Gasteiger partial charge in [0.2, 0.25) is 0 Å². The summed E-state index contributed by atoms with van der Waals surface area (Å²) in [5.41, 5.74) is 0.995. The number of benzene rings is 1.